The molecule has 0 bridgehead atoms. The van der Waals surface area contributed by atoms with Gasteiger partial charge in [-0.3, -0.25) is 4.79 Å². The van der Waals surface area contributed by atoms with Gasteiger partial charge in [0.25, 0.3) is 0 Å². The number of phenols is 1. The van der Waals surface area contributed by atoms with Crippen molar-refractivity contribution in [1.29, 1.82) is 0 Å². The standard InChI is InChI=1S/C12H15BrN2O2/c13-9-3-4-11(16)8(6-9)7-15-10-2-1-5-14-12(10)17/h3-4,6,10,15-16H,1-2,5,7H2,(H,14,17). The molecule has 1 atom stereocenters. The summed E-state index contributed by atoms with van der Waals surface area (Å²) in [5, 5.41) is 15.7. The predicted octanol–water partition coefficient (Wildman–Crippen LogP) is 1.52. The zero-order valence-electron chi connectivity index (χ0n) is 9.37. The first-order valence-corrected chi connectivity index (χ1v) is 6.44. The van der Waals surface area contributed by atoms with Crippen molar-refractivity contribution in [2.45, 2.75) is 25.4 Å². The number of carbonyl (C=O) groups excluding carboxylic acids is 1. The van der Waals surface area contributed by atoms with Crippen LogP contribution in [-0.4, -0.2) is 23.6 Å². The molecule has 17 heavy (non-hydrogen) atoms. The molecule has 1 fully saturated rings. The van der Waals surface area contributed by atoms with E-state index in [4.69, 9.17) is 0 Å². The van der Waals surface area contributed by atoms with E-state index in [0.717, 1.165) is 29.4 Å². The molecule has 0 radical (unpaired) electrons. The molecule has 0 spiro atoms. The Morgan fingerprint density at radius 1 is 1.53 bits per heavy atom. The second-order valence-corrected chi connectivity index (χ2v) is 5.06. The Morgan fingerprint density at radius 3 is 3.12 bits per heavy atom. The van der Waals surface area contributed by atoms with Crippen molar-refractivity contribution >= 4 is 21.8 Å². The van der Waals surface area contributed by atoms with E-state index >= 15 is 0 Å². The zero-order chi connectivity index (χ0) is 12.3. The summed E-state index contributed by atoms with van der Waals surface area (Å²) in [6.45, 7) is 1.25. The molecule has 1 heterocycles. The van der Waals surface area contributed by atoms with Crippen molar-refractivity contribution < 1.29 is 9.90 Å². The van der Waals surface area contributed by atoms with Crippen LogP contribution in [0.2, 0.25) is 0 Å². The molecule has 0 saturated carbocycles. The number of phenolic OH excluding ortho intramolecular Hbond substituents is 1. The number of nitrogens with one attached hydrogen (secondary N) is 2. The normalized spacial score (nSPS) is 20.1. The van der Waals surface area contributed by atoms with Crippen molar-refractivity contribution in [3.8, 4) is 5.75 Å². The molecule has 0 aliphatic carbocycles. The van der Waals surface area contributed by atoms with Gasteiger partial charge in [-0.25, -0.2) is 0 Å². The molecule has 1 aliphatic heterocycles. The van der Waals surface area contributed by atoms with Crippen LogP contribution in [0.15, 0.2) is 22.7 Å². The summed E-state index contributed by atoms with van der Waals surface area (Å²) < 4.78 is 0.917. The van der Waals surface area contributed by atoms with Gasteiger partial charge < -0.3 is 15.7 Å². The van der Waals surface area contributed by atoms with Crippen LogP contribution in [0.4, 0.5) is 0 Å². The minimum atomic E-state index is -0.151. The Hall–Kier alpha value is -1.07. The van der Waals surface area contributed by atoms with E-state index < -0.39 is 0 Å². The quantitative estimate of drug-likeness (QED) is 0.793. The van der Waals surface area contributed by atoms with E-state index in [1.165, 1.54) is 0 Å². The summed E-state index contributed by atoms with van der Waals surface area (Å²) in [6.07, 6.45) is 1.84. The highest BCUT2D eigenvalue weighted by Crippen LogP contribution is 2.21. The third-order valence-electron chi connectivity index (χ3n) is 2.87. The van der Waals surface area contributed by atoms with Crippen LogP contribution < -0.4 is 10.6 Å². The number of carbonyl (C=O) groups is 1. The van der Waals surface area contributed by atoms with Crippen molar-refractivity contribution in [3.05, 3.63) is 28.2 Å². The highest BCUT2D eigenvalue weighted by Gasteiger charge is 2.21. The first-order chi connectivity index (χ1) is 8.16. The number of benzene rings is 1. The summed E-state index contributed by atoms with van der Waals surface area (Å²) >= 11 is 3.36. The molecule has 92 valence electrons. The molecule has 5 heteroatoms. The molecule has 0 aromatic heterocycles. The number of halogens is 1. The molecular formula is C12H15BrN2O2. The van der Waals surface area contributed by atoms with Gasteiger partial charge >= 0.3 is 0 Å². The minimum absolute atomic E-state index is 0.0470. The van der Waals surface area contributed by atoms with Crippen LogP contribution in [-0.2, 0) is 11.3 Å². The third-order valence-corrected chi connectivity index (χ3v) is 3.36. The largest absolute Gasteiger partial charge is 0.508 e. The SMILES string of the molecule is O=C1NCCCC1NCc1cc(Br)ccc1O. The van der Waals surface area contributed by atoms with Gasteiger partial charge in [0.2, 0.25) is 5.91 Å². The Balaban J connectivity index is 1.97. The Labute approximate surface area is 109 Å². The molecule has 3 N–H and O–H groups in total. The molecule has 1 saturated heterocycles. The number of piperidine rings is 1. The second kappa shape index (κ2) is 5.51. The fraction of sp³-hybridized carbons (Fsp3) is 0.417. The lowest BCUT2D eigenvalue weighted by atomic mass is 10.1. The van der Waals surface area contributed by atoms with Gasteiger partial charge in [0.15, 0.2) is 0 Å². The van der Waals surface area contributed by atoms with Crippen LogP contribution in [0.3, 0.4) is 0 Å². The van der Waals surface area contributed by atoms with Crippen LogP contribution in [0.5, 0.6) is 5.75 Å². The van der Waals surface area contributed by atoms with Crippen molar-refractivity contribution in [2.24, 2.45) is 0 Å². The van der Waals surface area contributed by atoms with Gasteiger partial charge in [-0.15, -0.1) is 0 Å². The summed E-state index contributed by atoms with van der Waals surface area (Å²) in [7, 11) is 0. The van der Waals surface area contributed by atoms with E-state index in [1.807, 2.05) is 6.07 Å². The summed E-state index contributed by atoms with van der Waals surface area (Å²) in [5.41, 5.74) is 0.790. The fourth-order valence-corrected chi connectivity index (χ4v) is 2.30. The average Bonchev–Trinajstić information content (AvgIpc) is 2.32. The predicted molar refractivity (Wildman–Crippen MR) is 68.7 cm³/mol. The number of hydrogen-bond donors (Lipinski definition) is 3. The first kappa shape index (κ1) is 12.4. The second-order valence-electron chi connectivity index (χ2n) is 4.14. The zero-order valence-corrected chi connectivity index (χ0v) is 11.0. The lowest BCUT2D eigenvalue weighted by Gasteiger charge is -2.23. The maximum absolute atomic E-state index is 11.5. The Morgan fingerprint density at radius 2 is 2.35 bits per heavy atom. The van der Waals surface area contributed by atoms with Gasteiger partial charge in [-0.1, -0.05) is 15.9 Å². The first-order valence-electron chi connectivity index (χ1n) is 5.65. The van der Waals surface area contributed by atoms with Gasteiger partial charge in [-0.2, -0.15) is 0 Å². The third kappa shape index (κ3) is 3.20. The smallest absolute Gasteiger partial charge is 0.237 e. The summed E-state index contributed by atoms with van der Waals surface area (Å²) in [6, 6.07) is 5.12. The van der Waals surface area contributed by atoms with E-state index in [0.29, 0.717) is 6.54 Å². The van der Waals surface area contributed by atoms with E-state index in [2.05, 4.69) is 26.6 Å². The molecule has 1 unspecified atom stereocenters. The Kier molecular flexibility index (Phi) is 4.02. The van der Waals surface area contributed by atoms with Crippen LogP contribution in [0.25, 0.3) is 0 Å². The van der Waals surface area contributed by atoms with Crippen LogP contribution >= 0.6 is 15.9 Å². The summed E-state index contributed by atoms with van der Waals surface area (Å²) in [4.78, 5) is 11.5. The Bertz CT molecular complexity index is 423. The van der Waals surface area contributed by atoms with Crippen molar-refractivity contribution in [1.82, 2.24) is 10.6 Å². The number of hydrogen-bond acceptors (Lipinski definition) is 3. The number of aromatic hydroxyl groups is 1. The fourth-order valence-electron chi connectivity index (χ4n) is 1.90. The highest BCUT2D eigenvalue weighted by atomic mass is 79.9. The molecule has 2 rings (SSSR count). The lowest BCUT2D eigenvalue weighted by molar-refractivity contribution is -0.124. The molecule has 1 aromatic carbocycles. The molecule has 4 nitrogen and oxygen atoms in total. The van der Waals surface area contributed by atoms with E-state index in [1.54, 1.807) is 12.1 Å². The molecule has 1 aliphatic rings. The van der Waals surface area contributed by atoms with Gasteiger partial charge in [0, 0.05) is 23.1 Å². The van der Waals surface area contributed by atoms with Crippen LogP contribution in [0, 0.1) is 0 Å². The van der Waals surface area contributed by atoms with Crippen LogP contribution in [0.1, 0.15) is 18.4 Å². The highest BCUT2D eigenvalue weighted by molar-refractivity contribution is 9.10. The summed E-state index contributed by atoms with van der Waals surface area (Å²) in [5.74, 6) is 0.294. The average molecular weight is 299 g/mol. The molecule has 1 aromatic rings. The van der Waals surface area contributed by atoms with E-state index in [-0.39, 0.29) is 17.7 Å². The maximum atomic E-state index is 11.5. The maximum Gasteiger partial charge on any atom is 0.237 e. The van der Waals surface area contributed by atoms with Gasteiger partial charge in [-0.05, 0) is 31.0 Å². The molecule has 1 amide bonds. The minimum Gasteiger partial charge on any atom is -0.508 e. The van der Waals surface area contributed by atoms with Gasteiger partial charge in [0.1, 0.15) is 5.75 Å². The topological polar surface area (TPSA) is 61.4 Å². The van der Waals surface area contributed by atoms with Crippen molar-refractivity contribution in [3.63, 3.8) is 0 Å². The monoisotopic (exact) mass is 298 g/mol. The number of amides is 1. The van der Waals surface area contributed by atoms with E-state index in [9.17, 15) is 9.90 Å². The van der Waals surface area contributed by atoms with Crippen molar-refractivity contribution in [2.75, 3.05) is 6.54 Å². The molecular weight excluding hydrogens is 284 g/mol. The van der Waals surface area contributed by atoms with Gasteiger partial charge in [0.05, 0.1) is 6.04 Å². The number of rotatable bonds is 3. The lowest BCUT2D eigenvalue weighted by Crippen LogP contribution is -2.47.